The molecule has 3 aromatic carbocycles. The summed E-state index contributed by atoms with van der Waals surface area (Å²) in [5.41, 5.74) is 6.95. The zero-order valence-corrected chi connectivity index (χ0v) is 23.4. The summed E-state index contributed by atoms with van der Waals surface area (Å²) in [5.74, 6) is -0.0166. The molecule has 1 N–H and O–H groups in total. The van der Waals surface area contributed by atoms with Gasteiger partial charge in [0.25, 0.3) is 5.91 Å². The number of rotatable bonds is 7. The van der Waals surface area contributed by atoms with Crippen LogP contribution in [0.2, 0.25) is 0 Å². The van der Waals surface area contributed by atoms with Crippen molar-refractivity contribution in [2.24, 2.45) is 5.10 Å². The first-order valence-corrected chi connectivity index (χ1v) is 13.4. The van der Waals surface area contributed by atoms with Crippen LogP contribution in [0.5, 0.6) is 0 Å². The Kier molecular flexibility index (Phi) is 8.24. The molecule has 190 valence electrons. The number of hydrogen-bond acceptors (Lipinski definition) is 5. The SMILES string of the molecule is Cc1ccc(-n2c(SCC(=O)N/N=C/c3cc(Br)ccc3F)nnc2-c2ccc(C(C)(C)C)cc2)cc1. The maximum atomic E-state index is 13.9. The Morgan fingerprint density at radius 2 is 1.78 bits per heavy atom. The van der Waals surface area contributed by atoms with E-state index < -0.39 is 5.82 Å². The average Bonchev–Trinajstić information content (AvgIpc) is 3.29. The highest BCUT2D eigenvalue weighted by molar-refractivity contribution is 9.10. The van der Waals surface area contributed by atoms with Crippen LogP contribution in [0.4, 0.5) is 4.39 Å². The molecule has 1 aromatic heterocycles. The third-order valence-electron chi connectivity index (χ3n) is 5.62. The number of benzene rings is 3. The highest BCUT2D eigenvalue weighted by atomic mass is 79.9. The van der Waals surface area contributed by atoms with Crippen LogP contribution >= 0.6 is 27.7 Å². The van der Waals surface area contributed by atoms with E-state index in [0.29, 0.717) is 11.0 Å². The van der Waals surface area contributed by atoms with Crippen LogP contribution in [0, 0.1) is 12.7 Å². The number of aromatic nitrogens is 3. The Bertz CT molecular complexity index is 1430. The molecule has 0 aliphatic carbocycles. The predicted octanol–water partition coefficient (Wildman–Crippen LogP) is 6.68. The van der Waals surface area contributed by atoms with Crippen LogP contribution in [0.3, 0.4) is 0 Å². The minimum absolute atomic E-state index is 0.0444. The van der Waals surface area contributed by atoms with Gasteiger partial charge in [-0.15, -0.1) is 10.2 Å². The molecule has 0 fully saturated rings. The minimum Gasteiger partial charge on any atom is -0.272 e. The quantitative estimate of drug-likeness (QED) is 0.150. The molecule has 6 nitrogen and oxygen atoms in total. The monoisotopic (exact) mass is 579 g/mol. The molecule has 0 aliphatic heterocycles. The normalized spacial score (nSPS) is 11.7. The van der Waals surface area contributed by atoms with Gasteiger partial charge in [-0.2, -0.15) is 5.10 Å². The number of nitrogens with one attached hydrogen (secondary N) is 1. The van der Waals surface area contributed by atoms with E-state index in [9.17, 15) is 9.18 Å². The first-order chi connectivity index (χ1) is 17.6. The van der Waals surface area contributed by atoms with Crippen molar-refractivity contribution >= 4 is 39.8 Å². The summed E-state index contributed by atoms with van der Waals surface area (Å²) in [6, 6.07) is 20.9. The van der Waals surface area contributed by atoms with E-state index in [4.69, 9.17) is 0 Å². The van der Waals surface area contributed by atoms with Crippen molar-refractivity contribution in [3.05, 3.63) is 93.7 Å². The molecule has 0 radical (unpaired) electrons. The van der Waals surface area contributed by atoms with Crippen molar-refractivity contribution in [2.75, 3.05) is 5.75 Å². The summed E-state index contributed by atoms with van der Waals surface area (Å²) < 4.78 is 16.5. The van der Waals surface area contributed by atoms with Crippen molar-refractivity contribution in [2.45, 2.75) is 38.3 Å². The number of carbonyl (C=O) groups excluding carboxylic acids is 1. The number of carbonyl (C=O) groups is 1. The second-order valence-electron chi connectivity index (χ2n) is 9.55. The topological polar surface area (TPSA) is 72.2 Å². The Morgan fingerprint density at radius 3 is 2.46 bits per heavy atom. The van der Waals surface area contributed by atoms with Gasteiger partial charge in [-0.1, -0.05) is 90.4 Å². The lowest BCUT2D eigenvalue weighted by Crippen LogP contribution is -2.20. The van der Waals surface area contributed by atoms with E-state index in [1.54, 1.807) is 12.1 Å². The van der Waals surface area contributed by atoms with Crippen molar-refractivity contribution in [3.63, 3.8) is 0 Å². The number of nitrogens with zero attached hydrogens (tertiary/aromatic N) is 4. The number of hydrogen-bond donors (Lipinski definition) is 1. The van der Waals surface area contributed by atoms with Gasteiger partial charge in [-0.25, -0.2) is 9.82 Å². The third kappa shape index (κ3) is 6.72. The second kappa shape index (κ2) is 11.4. The molecular formula is C28H27BrFN5OS. The van der Waals surface area contributed by atoms with Gasteiger partial charge >= 0.3 is 0 Å². The molecular weight excluding hydrogens is 553 g/mol. The first-order valence-electron chi connectivity index (χ1n) is 11.6. The highest BCUT2D eigenvalue weighted by Crippen LogP contribution is 2.30. The molecule has 4 rings (SSSR count). The summed E-state index contributed by atoms with van der Waals surface area (Å²) in [6.45, 7) is 8.56. The van der Waals surface area contributed by atoms with Crippen molar-refractivity contribution < 1.29 is 9.18 Å². The van der Waals surface area contributed by atoms with E-state index in [0.717, 1.165) is 21.3 Å². The molecule has 0 atom stereocenters. The van der Waals surface area contributed by atoms with Crippen LogP contribution in [0.15, 0.2) is 81.5 Å². The zero-order valence-electron chi connectivity index (χ0n) is 21.0. The molecule has 0 bridgehead atoms. The van der Waals surface area contributed by atoms with Crippen molar-refractivity contribution in [1.29, 1.82) is 0 Å². The molecule has 9 heteroatoms. The molecule has 0 spiro atoms. The molecule has 0 unspecified atom stereocenters. The van der Waals surface area contributed by atoms with E-state index in [1.807, 2.05) is 47.9 Å². The molecule has 37 heavy (non-hydrogen) atoms. The Hall–Kier alpha value is -3.30. The number of hydrazone groups is 1. The molecule has 0 saturated carbocycles. The van der Waals surface area contributed by atoms with Gasteiger partial charge < -0.3 is 0 Å². The van der Waals surface area contributed by atoms with E-state index in [1.165, 1.54) is 29.6 Å². The summed E-state index contributed by atoms with van der Waals surface area (Å²) in [5, 5.41) is 13.3. The number of aryl methyl sites for hydroxylation is 1. The van der Waals surface area contributed by atoms with Crippen molar-refractivity contribution in [1.82, 2.24) is 20.2 Å². The van der Waals surface area contributed by atoms with E-state index in [-0.39, 0.29) is 22.6 Å². The minimum atomic E-state index is -0.426. The molecule has 1 heterocycles. The number of halogens is 2. The molecule has 1 amide bonds. The van der Waals surface area contributed by atoms with Crippen LogP contribution in [-0.2, 0) is 10.2 Å². The lowest BCUT2D eigenvalue weighted by atomic mass is 9.87. The van der Waals surface area contributed by atoms with Crippen LogP contribution in [0.1, 0.15) is 37.5 Å². The number of thioether (sulfide) groups is 1. The van der Waals surface area contributed by atoms with Gasteiger partial charge in [0.2, 0.25) is 0 Å². The summed E-state index contributed by atoms with van der Waals surface area (Å²) in [7, 11) is 0. The highest BCUT2D eigenvalue weighted by Gasteiger charge is 2.19. The Balaban J connectivity index is 1.54. The van der Waals surface area contributed by atoms with Gasteiger partial charge in [-0.05, 0) is 48.2 Å². The lowest BCUT2D eigenvalue weighted by Gasteiger charge is -2.19. The molecule has 4 aromatic rings. The smallest absolute Gasteiger partial charge is 0.250 e. The fourth-order valence-corrected chi connectivity index (χ4v) is 4.67. The zero-order chi connectivity index (χ0) is 26.6. The van der Waals surface area contributed by atoms with Gasteiger partial charge in [0, 0.05) is 21.3 Å². The predicted molar refractivity (Wildman–Crippen MR) is 151 cm³/mol. The summed E-state index contributed by atoms with van der Waals surface area (Å²) in [4.78, 5) is 12.5. The second-order valence-corrected chi connectivity index (χ2v) is 11.4. The number of amides is 1. The Labute approximate surface area is 228 Å². The average molecular weight is 581 g/mol. The fourth-order valence-electron chi connectivity index (χ4n) is 3.55. The maximum Gasteiger partial charge on any atom is 0.250 e. The first kappa shape index (κ1) is 26.8. The van der Waals surface area contributed by atoms with Crippen LogP contribution in [-0.4, -0.2) is 32.6 Å². The van der Waals surface area contributed by atoms with E-state index in [2.05, 4.69) is 69.6 Å². The van der Waals surface area contributed by atoms with Gasteiger partial charge in [0.05, 0.1) is 12.0 Å². The molecule has 0 aliphatic rings. The third-order valence-corrected chi connectivity index (χ3v) is 7.04. The van der Waals surface area contributed by atoms with Crippen LogP contribution < -0.4 is 5.43 Å². The Morgan fingerprint density at radius 1 is 1.08 bits per heavy atom. The fraction of sp³-hybridized carbons (Fsp3) is 0.214. The molecule has 0 saturated heterocycles. The van der Waals surface area contributed by atoms with E-state index >= 15 is 0 Å². The van der Waals surface area contributed by atoms with Crippen molar-refractivity contribution in [3.8, 4) is 17.1 Å². The van der Waals surface area contributed by atoms with Gasteiger partial charge in [0.1, 0.15) is 5.82 Å². The maximum absolute atomic E-state index is 13.9. The lowest BCUT2D eigenvalue weighted by molar-refractivity contribution is -0.118. The van der Waals surface area contributed by atoms with Gasteiger partial charge in [0.15, 0.2) is 11.0 Å². The summed E-state index contributed by atoms with van der Waals surface area (Å²) >= 11 is 4.55. The summed E-state index contributed by atoms with van der Waals surface area (Å²) in [6.07, 6.45) is 1.27. The van der Waals surface area contributed by atoms with Crippen LogP contribution in [0.25, 0.3) is 17.1 Å². The van der Waals surface area contributed by atoms with Gasteiger partial charge in [-0.3, -0.25) is 9.36 Å². The largest absolute Gasteiger partial charge is 0.272 e. The standard InChI is InChI=1S/C28H27BrFN5OS/c1-18-5-12-23(13-6-18)35-26(19-7-9-21(10-8-19)28(2,3)4)33-34-27(35)37-17-25(36)32-31-16-20-15-22(29)11-14-24(20)30/h5-16H,17H2,1-4H3,(H,32,36)/b31-16+.